The van der Waals surface area contributed by atoms with E-state index in [1.54, 1.807) is 0 Å². The van der Waals surface area contributed by atoms with Crippen molar-refractivity contribution in [3.8, 4) is 0 Å². The highest BCUT2D eigenvalue weighted by Crippen LogP contribution is 2.24. The summed E-state index contributed by atoms with van der Waals surface area (Å²) in [7, 11) is 0. The van der Waals surface area contributed by atoms with E-state index in [2.05, 4.69) is 29.1 Å². The van der Waals surface area contributed by atoms with Crippen molar-refractivity contribution in [2.45, 2.75) is 45.6 Å². The van der Waals surface area contributed by atoms with Crippen molar-refractivity contribution < 1.29 is 14.4 Å². The van der Waals surface area contributed by atoms with Gasteiger partial charge in [-0.05, 0) is 18.1 Å². The van der Waals surface area contributed by atoms with Crippen molar-refractivity contribution >= 4 is 28.8 Å². The molecule has 2 N–H and O–H groups in total. The van der Waals surface area contributed by atoms with Gasteiger partial charge < -0.3 is 10.3 Å². The molecule has 7 nitrogen and oxygen atoms in total. The maximum Gasteiger partial charge on any atom is 0.229 e. The van der Waals surface area contributed by atoms with Gasteiger partial charge >= 0.3 is 0 Å². The summed E-state index contributed by atoms with van der Waals surface area (Å²) in [5.41, 5.74) is 1.79. The Hall–Kier alpha value is -2.70. The minimum absolute atomic E-state index is 0.102. The lowest BCUT2D eigenvalue weighted by Crippen LogP contribution is -2.37. The second-order valence-corrected chi connectivity index (χ2v) is 6.76. The van der Waals surface area contributed by atoms with E-state index in [9.17, 15) is 14.4 Å². The Balaban J connectivity index is 1.69. The van der Waals surface area contributed by atoms with Gasteiger partial charge in [0.25, 0.3) is 0 Å². The SMILES string of the molecule is CCC(C)C(NC(=O)CCN1C(=O)CCC1=O)c1nc2ccccc2[nH]1. The van der Waals surface area contributed by atoms with Crippen molar-refractivity contribution in [1.82, 2.24) is 20.2 Å². The number of benzene rings is 1. The maximum absolute atomic E-state index is 12.4. The van der Waals surface area contributed by atoms with Gasteiger partial charge in [0, 0.05) is 25.8 Å². The number of carbonyl (C=O) groups excluding carboxylic acids is 3. The van der Waals surface area contributed by atoms with Crippen LogP contribution in [0.1, 0.15) is 51.4 Å². The van der Waals surface area contributed by atoms with Crippen LogP contribution in [-0.4, -0.2) is 39.1 Å². The lowest BCUT2D eigenvalue weighted by atomic mass is 9.98. The van der Waals surface area contributed by atoms with Gasteiger partial charge in [0.2, 0.25) is 17.7 Å². The molecule has 0 aliphatic carbocycles. The van der Waals surface area contributed by atoms with Crippen LogP contribution in [-0.2, 0) is 14.4 Å². The van der Waals surface area contributed by atoms with Crippen LogP contribution < -0.4 is 5.32 Å². The van der Waals surface area contributed by atoms with E-state index < -0.39 is 0 Å². The molecule has 0 spiro atoms. The molecule has 3 amide bonds. The number of rotatable bonds is 7. The summed E-state index contributed by atoms with van der Waals surface area (Å²) in [6.45, 7) is 4.26. The number of hydrogen-bond acceptors (Lipinski definition) is 4. The van der Waals surface area contributed by atoms with Crippen LogP contribution in [0, 0.1) is 5.92 Å². The predicted octanol–water partition coefficient (Wildman–Crippen LogP) is 2.31. The molecule has 1 saturated heterocycles. The number of imide groups is 1. The van der Waals surface area contributed by atoms with Crippen molar-refractivity contribution in [2.75, 3.05) is 6.54 Å². The number of nitrogens with one attached hydrogen (secondary N) is 2. The Labute approximate surface area is 152 Å². The third-order valence-electron chi connectivity index (χ3n) is 4.95. The van der Waals surface area contributed by atoms with Crippen LogP contribution >= 0.6 is 0 Å². The fourth-order valence-corrected chi connectivity index (χ4v) is 3.17. The van der Waals surface area contributed by atoms with Gasteiger partial charge in [-0.15, -0.1) is 0 Å². The number of H-pyrrole nitrogens is 1. The van der Waals surface area contributed by atoms with Crippen LogP contribution in [0.15, 0.2) is 24.3 Å². The van der Waals surface area contributed by atoms with Crippen LogP contribution in [0.5, 0.6) is 0 Å². The summed E-state index contributed by atoms with van der Waals surface area (Å²) in [5.74, 6) is 0.331. The minimum atomic E-state index is -0.245. The molecule has 3 rings (SSSR count). The average Bonchev–Trinajstić information content (AvgIpc) is 3.20. The third kappa shape index (κ3) is 3.76. The highest BCUT2D eigenvalue weighted by Gasteiger charge is 2.29. The molecule has 0 saturated carbocycles. The molecule has 1 fully saturated rings. The summed E-state index contributed by atoms with van der Waals surface area (Å²) in [4.78, 5) is 44.8. The molecule has 2 unspecified atom stereocenters. The Bertz CT molecular complexity index is 780. The van der Waals surface area contributed by atoms with Crippen molar-refractivity contribution in [3.05, 3.63) is 30.1 Å². The Kier molecular flexibility index (Phi) is 5.35. The lowest BCUT2D eigenvalue weighted by molar-refractivity contribution is -0.138. The quantitative estimate of drug-likeness (QED) is 0.744. The van der Waals surface area contributed by atoms with E-state index in [-0.39, 0.29) is 55.5 Å². The topological polar surface area (TPSA) is 95.2 Å². The van der Waals surface area contributed by atoms with Crippen LogP contribution in [0.2, 0.25) is 0 Å². The van der Waals surface area contributed by atoms with Crippen molar-refractivity contribution in [3.63, 3.8) is 0 Å². The molecule has 1 aliphatic heterocycles. The van der Waals surface area contributed by atoms with Crippen LogP contribution in [0.25, 0.3) is 11.0 Å². The molecule has 0 bridgehead atoms. The molecular formula is C19H24N4O3. The van der Waals surface area contributed by atoms with Gasteiger partial charge in [-0.25, -0.2) is 4.98 Å². The predicted molar refractivity (Wildman–Crippen MR) is 97.0 cm³/mol. The van der Waals surface area contributed by atoms with E-state index in [0.29, 0.717) is 0 Å². The minimum Gasteiger partial charge on any atom is -0.346 e. The summed E-state index contributed by atoms with van der Waals surface area (Å²) in [6.07, 6.45) is 1.47. The van der Waals surface area contributed by atoms with Crippen LogP contribution in [0.4, 0.5) is 0 Å². The van der Waals surface area contributed by atoms with Gasteiger partial charge in [-0.2, -0.15) is 0 Å². The molecule has 7 heteroatoms. The first-order valence-corrected chi connectivity index (χ1v) is 9.06. The first kappa shape index (κ1) is 18.1. The smallest absolute Gasteiger partial charge is 0.229 e. The van der Waals surface area contributed by atoms with Gasteiger partial charge in [0.15, 0.2) is 0 Å². The number of amides is 3. The normalized spacial score (nSPS) is 16.9. The molecule has 2 atom stereocenters. The fraction of sp³-hybridized carbons (Fsp3) is 0.474. The van der Waals surface area contributed by atoms with Gasteiger partial charge in [-0.1, -0.05) is 32.4 Å². The van der Waals surface area contributed by atoms with Gasteiger partial charge in [-0.3, -0.25) is 19.3 Å². The molecule has 1 aromatic carbocycles. The molecule has 2 aromatic rings. The van der Waals surface area contributed by atoms with E-state index in [0.717, 1.165) is 23.3 Å². The molecule has 1 aromatic heterocycles. The second kappa shape index (κ2) is 7.68. The Morgan fingerprint density at radius 3 is 2.62 bits per heavy atom. The molecule has 0 radical (unpaired) electrons. The number of nitrogens with zero attached hydrogens (tertiary/aromatic N) is 2. The molecule has 1 aliphatic rings. The Morgan fingerprint density at radius 1 is 1.27 bits per heavy atom. The fourth-order valence-electron chi connectivity index (χ4n) is 3.17. The first-order chi connectivity index (χ1) is 12.5. The van der Waals surface area contributed by atoms with E-state index >= 15 is 0 Å². The standard InChI is InChI=1S/C19H24N4O3/c1-3-12(2)18(19-20-13-6-4-5-7-14(13)21-19)22-15(24)10-11-23-16(25)8-9-17(23)26/h4-7,12,18H,3,8-11H2,1-2H3,(H,20,21)(H,22,24). The number of para-hydroxylation sites is 2. The molecule has 2 heterocycles. The second-order valence-electron chi connectivity index (χ2n) is 6.76. The van der Waals surface area contributed by atoms with Crippen LogP contribution in [0.3, 0.4) is 0 Å². The number of imidazole rings is 1. The highest BCUT2D eigenvalue weighted by molar-refractivity contribution is 6.02. The summed E-state index contributed by atoms with van der Waals surface area (Å²) < 4.78 is 0. The maximum atomic E-state index is 12.4. The summed E-state index contributed by atoms with van der Waals surface area (Å²) in [6, 6.07) is 7.49. The highest BCUT2D eigenvalue weighted by atomic mass is 16.2. The lowest BCUT2D eigenvalue weighted by Gasteiger charge is -2.23. The number of aromatic nitrogens is 2. The first-order valence-electron chi connectivity index (χ1n) is 9.06. The van der Waals surface area contributed by atoms with E-state index in [1.165, 1.54) is 4.90 Å². The number of fused-ring (bicyclic) bond motifs is 1. The third-order valence-corrected chi connectivity index (χ3v) is 4.95. The zero-order valence-electron chi connectivity index (χ0n) is 15.1. The molecule has 26 heavy (non-hydrogen) atoms. The number of hydrogen-bond donors (Lipinski definition) is 2. The van der Waals surface area contributed by atoms with Crippen molar-refractivity contribution in [1.29, 1.82) is 0 Å². The zero-order chi connectivity index (χ0) is 18.7. The molecule has 138 valence electrons. The number of likely N-dealkylation sites (tertiary alicyclic amines) is 1. The average molecular weight is 356 g/mol. The summed E-state index contributed by atoms with van der Waals surface area (Å²) in [5, 5.41) is 3.02. The largest absolute Gasteiger partial charge is 0.346 e. The number of carbonyl (C=O) groups is 3. The van der Waals surface area contributed by atoms with Gasteiger partial charge in [0.1, 0.15) is 5.82 Å². The van der Waals surface area contributed by atoms with Crippen molar-refractivity contribution in [2.24, 2.45) is 5.92 Å². The summed E-state index contributed by atoms with van der Waals surface area (Å²) >= 11 is 0. The van der Waals surface area contributed by atoms with E-state index in [1.807, 2.05) is 24.3 Å². The van der Waals surface area contributed by atoms with E-state index in [4.69, 9.17) is 0 Å². The monoisotopic (exact) mass is 356 g/mol. The number of aromatic amines is 1. The zero-order valence-corrected chi connectivity index (χ0v) is 15.1. The molecular weight excluding hydrogens is 332 g/mol. The Morgan fingerprint density at radius 2 is 1.96 bits per heavy atom. The van der Waals surface area contributed by atoms with Gasteiger partial charge in [0.05, 0.1) is 17.1 Å².